The molecule has 2 aromatic heterocycles. The first-order chi connectivity index (χ1) is 17.7. The van der Waals surface area contributed by atoms with E-state index in [9.17, 15) is 19.9 Å². The number of carbonyl (C=O) groups is 1. The van der Waals surface area contributed by atoms with Crippen molar-refractivity contribution in [1.82, 2.24) is 4.57 Å². The number of carboxylic acids is 1. The lowest BCUT2D eigenvalue weighted by Crippen LogP contribution is -2.18. The number of aromatic carboxylic acids is 1. The Morgan fingerprint density at radius 1 is 1.16 bits per heavy atom. The third-order valence-corrected chi connectivity index (χ3v) is 7.59. The van der Waals surface area contributed by atoms with Gasteiger partial charge in [0.15, 0.2) is 0 Å². The van der Waals surface area contributed by atoms with Gasteiger partial charge in [-0.05, 0) is 57.8 Å². The second-order valence-electron chi connectivity index (χ2n) is 8.57. The number of carboxylic acid groups (broad SMARTS) is 1. The molecule has 1 atom stereocenters. The van der Waals surface area contributed by atoms with Gasteiger partial charge in [-0.2, -0.15) is 0 Å². The van der Waals surface area contributed by atoms with Gasteiger partial charge in [0.2, 0.25) is 5.56 Å². The minimum Gasteiger partial charge on any atom is -0.477 e. The van der Waals surface area contributed by atoms with Crippen molar-refractivity contribution in [2.75, 3.05) is 0 Å². The standard InChI is InChI=1S/C28H24ClFN2O4S/c1-3-20-23(15-37-27(20)28(34)35)17-6-4-16(5-7-17)22(21-10-9-19(29)12-24(21)30)13-25(31-36)18-8-11-26(33)32(2)14-18/h4-12,14-15,22,36H,3,13H2,1-2H3,(H,34,35)/b31-25+/t22-/m1/s1. The number of thiophene rings is 1. The summed E-state index contributed by atoms with van der Waals surface area (Å²) in [5.41, 5.74) is 4.24. The summed E-state index contributed by atoms with van der Waals surface area (Å²) >= 11 is 7.19. The zero-order valence-electron chi connectivity index (χ0n) is 20.1. The van der Waals surface area contributed by atoms with Crippen LogP contribution in [0.4, 0.5) is 4.39 Å². The lowest BCUT2D eigenvalue weighted by molar-refractivity contribution is 0.0701. The molecule has 0 aliphatic carbocycles. The minimum absolute atomic E-state index is 0.147. The molecule has 0 radical (unpaired) electrons. The molecule has 9 heteroatoms. The van der Waals surface area contributed by atoms with E-state index in [0.717, 1.165) is 22.3 Å². The van der Waals surface area contributed by atoms with Gasteiger partial charge < -0.3 is 14.9 Å². The molecular weight excluding hydrogens is 515 g/mol. The van der Waals surface area contributed by atoms with Crippen LogP contribution in [0.1, 0.15) is 51.2 Å². The van der Waals surface area contributed by atoms with E-state index >= 15 is 4.39 Å². The highest BCUT2D eigenvalue weighted by Gasteiger charge is 2.23. The molecule has 0 aliphatic heterocycles. The number of aryl methyl sites for hydroxylation is 1. The van der Waals surface area contributed by atoms with Gasteiger partial charge in [0.05, 0.1) is 5.71 Å². The molecular formula is C28H24ClFN2O4S. The lowest BCUT2D eigenvalue weighted by atomic mass is 9.84. The normalized spacial score (nSPS) is 12.5. The molecule has 6 nitrogen and oxygen atoms in total. The number of pyridine rings is 1. The molecule has 0 unspecified atom stereocenters. The van der Waals surface area contributed by atoms with Crippen LogP contribution in [0.5, 0.6) is 0 Å². The molecule has 190 valence electrons. The van der Waals surface area contributed by atoms with Gasteiger partial charge in [0, 0.05) is 42.2 Å². The first kappa shape index (κ1) is 26.3. The molecule has 0 spiro atoms. The fraction of sp³-hybridized carbons (Fsp3) is 0.179. The molecule has 0 fully saturated rings. The third kappa shape index (κ3) is 5.50. The van der Waals surface area contributed by atoms with Crippen LogP contribution in [0.3, 0.4) is 0 Å². The van der Waals surface area contributed by atoms with E-state index in [0.29, 0.717) is 22.4 Å². The first-order valence-corrected chi connectivity index (χ1v) is 12.8. The van der Waals surface area contributed by atoms with Crippen molar-refractivity contribution in [3.63, 3.8) is 0 Å². The number of hydrogen-bond donors (Lipinski definition) is 2. The van der Waals surface area contributed by atoms with Crippen LogP contribution in [0.15, 0.2) is 76.1 Å². The van der Waals surface area contributed by atoms with E-state index in [1.165, 1.54) is 28.0 Å². The molecule has 2 heterocycles. The molecule has 37 heavy (non-hydrogen) atoms. The van der Waals surface area contributed by atoms with E-state index < -0.39 is 17.7 Å². The molecule has 0 amide bonds. The van der Waals surface area contributed by atoms with E-state index in [1.807, 2.05) is 36.6 Å². The van der Waals surface area contributed by atoms with Crippen molar-refractivity contribution in [2.24, 2.45) is 12.2 Å². The van der Waals surface area contributed by atoms with Gasteiger partial charge in [-0.1, -0.05) is 54.0 Å². The van der Waals surface area contributed by atoms with Crippen LogP contribution in [0, 0.1) is 5.82 Å². The maximum absolute atomic E-state index is 15.1. The van der Waals surface area contributed by atoms with E-state index in [1.54, 1.807) is 31.4 Å². The second-order valence-corrected chi connectivity index (χ2v) is 9.89. The summed E-state index contributed by atoms with van der Waals surface area (Å²) < 4.78 is 16.5. The number of hydrogen-bond acceptors (Lipinski definition) is 5. The molecule has 0 saturated heterocycles. The Hall–Kier alpha value is -3.75. The number of benzene rings is 2. The van der Waals surface area contributed by atoms with Crippen LogP contribution in [0.25, 0.3) is 11.1 Å². The summed E-state index contributed by atoms with van der Waals surface area (Å²) in [4.78, 5) is 23.7. The van der Waals surface area contributed by atoms with Crippen LogP contribution in [-0.2, 0) is 13.5 Å². The Morgan fingerprint density at radius 2 is 1.89 bits per heavy atom. The van der Waals surface area contributed by atoms with Crippen molar-refractivity contribution < 1.29 is 19.5 Å². The van der Waals surface area contributed by atoms with Crippen molar-refractivity contribution in [3.8, 4) is 11.1 Å². The van der Waals surface area contributed by atoms with Crippen LogP contribution in [0.2, 0.25) is 5.02 Å². The molecule has 2 aromatic carbocycles. The second kappa shape index (κ2) is 11.1. The van der Waals surface area contributed by atoms with Gasteiger partial charge in [-0.15, -0.1) is 11.3 Å². The molecule has 0 bridgehead atoms. The number of aromatic nitrogens is 1. The van der Waals surface area contributed by atoms with Crippen LogP contribution >= 0.6 is 22.9 Å². The Bertz CT molecular complexity index is 1540. The average Bonchev–Trinajstić information content (AvgIpc) is 3.32. The topological polar surface area (TPSA) is 91.9 Å². The Kier molecular flexibility index (Phi) is 7.90. The predicted octanol–water partition coefficient (Wildman–Crippen LogP) is 6.57. The van der Waals surface area contributed by atoms with Gasteiger partial charge >= 0.3 is 5.97 Å². The lowest BCUT2D eigenvalue weighted by Gasteiger charge is -2.20. The summed E-state index contributed by atoms with van der Waals surface area (Å²) in [6, 6.07) is 14.9. The maximum Gasteiger partial charge on any atom is 0.346 e. The summed E-state index contributed by atoms with van der Waals surface area (Å²) in [7, 11) is 1.60. The minimum atomic E-state index is -0.947. The average molecular weight is 539 g/mol. The SMILES string of the molecule is CCc1c(-c2ccc([C@@H](C/C(=N\O)c3ccc(=O)n(C)c3)c3ccc(Cl)cc3F)cc2)csc1C(=O)O. The fourth-order valence-corrected chi connectivity index (χ4v) is 5.59. The first-order valence-electron chi connectivity index (χ1n) is 11.5. The third-order valence-electron chi connectivity index (χ3n) is 6.34. The van der Waals surface area contributed by atoms with E-state index in [-0.39, 0.29) is 22.7 Å². The Balaban J connectivity index is 1.76. The van der Waals surface area contributed by atoms with Gasteiger partial charge in [-0.25, -0.2) is 9.18 Å². The molecule has 0 saturated carbocycles. The molecule has 4 rings (SSSR count). The van der Waals surface area contributed by atoms with Crippen LogP contribution in [-0.4, -0.2) is 26.6 Å². The largest absolute Gasteiger partial charge is 0.477 e. The summed E-state index contributed by atoms with van der Waals surface area (Å²) in [6.07, 6.45) is 2.30. The van der Waals surface area contributed by atoms with E-state index in [4.69, 9.17) is 11.6 Å². The Labute approximate surface area is 221 Å². The van der Waals surface area contributed by atoms with E-state index in [2.05, 4.69) is 5.16 Å². The van der Waals surface area contributed by atoms with Gasteiger partial charge in [0.1, 0.15) is 10.7 Å². The van der Waals surface area contributed by atoms with Crippen LogP contribution < -0.4 is 5.56 Å². The summed E-state index contributed by atoms with van der Waals surface area (Å²) in [5.74, 6) is -1.97. The summed E-state index contributed by atoms with van der Waals surface area (Å²) in [5, 5.41) is 24.9. The van der Waals surface area contributed by atoms with Crippen molar-refractivity contribution in [1.29, 1.82) is 0 Å². The number of halogens is 2. The smallest absolute Gasteiger partial charge is 0.346 e. The molecule has 0 aliphatic rings. The van der Waals surface area contributed by atoms with Crippen molar-refractivity contribution >= 4 is 34.6 Å². The zero-order valence-corrected chi connectivity index (χ0v) is 21.7. The predicted molar refractivity (Wildman–Crippen MR) is 144 cm³/mol. The highest BCUT2D eigenvalue weighted by Crippen LogP contribution is 2.36. The van der Waals surface area contributed by atoms with Crippen molar-refractivity contribution in [2.45, 2.75) is 25.7 Å². The highest BCUT2D eigenvalue weighted by molar-refractivity contribution is 7.12. The molecule has 4 aromatic rings. The highest BCUT2D eigenvalue weighted by atomic mass is 35.5. The van der Waals surface area contributed by atoms with Gasteiger partial charge in [0.25, 0.3) is 0 Å². The number of nitrogens with zero attached hydrogens (tertiary/aromatic N) is 2. The summed E-state index contributed by atoms with van der Waals surface area (Å²) in [6.45, 7) is 1.92. The zero-order chi connectivity index (χ0) is 26.7. The molecule has 2 N–H and O–H groups in total. The number of rotatable bonds is 8. The quantitative estimate of drug-likeness (QED) is 0.151. The maximum atomic E-state index is 15.1. The Morgan fingerprint density at radius 3 is 2.49 bits per heavy atom. The van der Waals surface area contributed by atoms with Crippen molar-refractivity contribution in [3.05, 3.63) is 114 Å². The fourth-order valence-electron chi connectivity index (χ4n) is 4.42. The monoisotopic (exact) mass is 538 g/mol. The van der Waals surface area contributed by atoms with Gasteiger partial charge in [-0.3, -0.25) is 4.79 Å². The number of oxime groups is 1.